The minimum Gasteiger partial charge on any atom is -0.496 e. The van der Waals surface area contributed by atoms with Gasteiger partial charge in [-0.1, -0.05) is 6.07 Å². The predicted molar refractivity (Wildman–Crippen MR) is 62.1 cm³/mol. The highest BCUT2D eigenvalue weighted by atomic mass is 19.1. The molecule has 1 aromatic heterocycles. The van der Waals surface area contributed by atoms with E-state index in [2.05, 4.69) is 4.98 Å². The summed E-state index contributed by atoms with van der Waals surface area (Å²) in [6, 6.07) is 7.74. The summed E-state index contributed by atoms with van der Waals surface area (Å²) in [5.74, 6) is 0.226. The number of aliphatic hydroxyl groups excluding tert-OH is 1. The fourth-order valence-corrected chi connectivity index (χ4v) is 1.56. The second kappa shape index (κ2) is 4.93. The van der Waals surface area contributed by atoms with E-state index < -0.39 is 0 Å². The maximum absolute atomic E-state index is 13.2. The Morgan fingerprint density at radius 3 is 2.71 bits per heavy atom. The molecule has 0 amide bonds. The molecule has 0 saturated carbocycles. The van der Waals surface area contributed by atoms with E-state index in [1.807, 2.05) is 0 Å². The van der Waals surface area contributed by atoms with Gasteiger partial charge in [0, 0.05) is 11.8 Å². The highest BCUT2D eigenvalue weighted by Gasteiger charge is 2.08. The maximum Gasteiger partial charge on any atom is 0.128 e. The Balaban J connectivity index is 2.47. The van der Waals surface area contributed by atoms with Gasteiger partial charge in [0.2, 0.25) is 0 Å². The van der Waals surface area contributed by atoms with Crippen molar-refractivity contribution < 1.29 is 14.2 Å². The van der Waals surface area contributed by atoms with Crippen LogP contribution in [0.5, 0.6) is 5.75 Å². The predicted octanol–water partition coefficient (Wildman–Crippen LogP) is 2.39. The average Bonchev–Trinajstić information content (AvgIpc) is 2.39. The van der Waals surface area contributed by atoms with Gasteiger partial charge in [0.15, 0.2) is 0 Å². The number of pyridine rings is 1. The SMILES string of the molecule is COc1ccc(F)cc1-c1ccc(CO)cn1. The normalized spacial score (nSPS) is 10.3. The van der Waals surface area contributed by atoms with Crippen molar-refractivity contribution in [1.82, 2.24) is 4.98 Å². The van der Waals surface area contributed by atoms with Gasteiger partial charge in [0.1, 0.15) is 11.6 Å². The highest BCUT2D eigenvalue weighted by Crippen LogP contribution is 2.29. The summed E-state index contributed by atoms with van der Waals surface area (Å²) < 4.78 is 18.3. The van der Waals surface area contributed by atoms with Gasteiger partial charge in [-0.15, -0.1) is 0 Å². The minimum absolute atomic E-state index is 0.0619. The maximum atomic E-state index is 13.2. The molecule has 1 N–H and O–H groups in total. The molecule has 17 heavy (non-hydrogen) atoms. The van der Waals surface area contributed by atoms with Gasteiger partial charge < -0.3 is 9.84 Å². The Bertz CT molecular complexity index is 511. The molecule has 0 atom stereocenters. The molecular formula is C13H12FNO2. The number of nitrogens with zero attached hydrogens (tertiary/aromatic N) is 1. The van der Waals surface area contributed by atoms with Crippen LogP contribution in [0.15, 0.2) is 36.5 Å². The Kier molecular flexibility index (Phi) is 3.35. The van der Waals surface area contributed by atoms with Gasteiger partial charge in [-0.25, -0.2) is 4.39 Å². The third-order valence-electron chi connectivity index (χ3n) is 2.44. The zero-order valence-electron chi connectivity index (χ0n) is 9.35. The number of benzene rings is 1. The molecule has 0 fully saturated rings. The number of rotatable bonds is 3. The van der Waals surface area contributed by atoms with Crippen LogP contribution in [0.2, 0.25) is 0 Å². The molecular weight excluding hydrogens is 221 g/mol. The summed E-state index contributed by atoms with van der Waals surface area (Å²) in [6.07, 6.45) is 1.56. The fourth-order valence-electron chi connectivity index (χ4n) is 1.56. The lowest BCUT2D eigenvalue weighted by Crippen LogP contribution is -1.92. The van der Waals surface area contributed by atoms with E-state index in [9.17, 15) is 4.39 Å². The van der Waals surface area contributed by atoms with Crippen molar-refractivity contribution in [2.75, 3.05) is 7.11 Å². The number of aromatic nitrogens is 1. The quantitative estimate of drug-likeness (QED) is 0.885. The van der Waals surface area contributed by atoms with Gasteiger partial charge in [0.05, 0.1) is 19.4 Å². The molecule has 0 aliphatic rings. The summed E-state index contributed by atoms with van der Waals surface area (Å²) in [5.41, 5.74) is 1.92. The Labute approximate surface area is 98.5 Å². The first-order chi connectivity index (χ1) is 8.24. The molecule has 0 unspecified atom stereocenters. The molecule has 2 aromatic rings. The highest BCUT2D eigenvalue weighted by molar-refractivity contribution is 5.67. The van der Waals surface area contributed by atoms with Crippen LogP contribution < -0.4 is 4.74 Å². The van der Waals surface area contributed by atoms with Gasteiger partial charge in [-0.3, -0.25) is 4.98 Å². The van der Waals surface area contributed by atoms with E-state index in [1.165, 1.54) is 19.2 Å². The third kappa shape index (κ3) is 2.42. The fraction of sp³-hybridized carbons (Fsp3) is 0.154. The Hall–Kier alpha value is -1.94. The minimum atomic E-state index is -0.339. The molecule has 1 heterocycles. The number of methoxy groups -OCH3 is 1. The van der Waals surface area contributed by atoms with E-state index in [0.29, 0.717) is 22.6 Å². The smallest absolute Gasteiger partial charge is 0.128 e. The second-order valence-electron chi connectivity index (χ2n) is 3.55. The Morgan fingerprint density at radius 1 is 1.29 bits per heavy atom. The zero-order valence-corrected chi connectivity index (χ0v) is 9.35. The van der Waals surface area contributed by atoms with Crippen LogP contribution in [0.4, 0.5) is 4.39 Å². The van der Waals surface area contributed by atoms with Crippen LogP contribution in [-0.2, 0) is 6.61 Å². The Morgan fingerprint density at radius 2 is 2.12 bits per heavy atom. The molecule has 1 aromatic carbocycles. The lowest BCUT2D eigenvalue weighted by molar-refractivity contribution is 0.281. The van der Waals surface area contributed by atoms with Crippen molar-refractivity contribution in [3.8, 4) is 17.0 Å². The first kappa shape index (κ1) is 11.5. The lowest BCUT2D eigenvalue weighted by Gasteiger charge is -2.08. The molecule has 0 bridgehead atoms. The molecule has 0 radical (unpaired) electrons. The van der Waals surface area contributed by atoms with Crippen LogP contribution >= 0.6 is 0 Å². The summed E-state index contributed by atoms with van der Waals surface area (Å²) >= 11 is 0. The van der Waals surface area contributed by atoms with E-state index in [1.54, 1.807) is 24.4 Å². The van der Waals surface area contributed by atoms with Crippen molar-refractivity contribution in [2.24, 2.45) is 0 Å². The second-order valence-corrected chi connectivity index (χ2v) is 3.55. The number of halogens is 1. The molecule has 2 rings (SSSR count). The molecule has 4 heteroatoms. The topological polar surface area (TPSA) is 42.4 Å². The molecule has 0 aliphatic carbocycles. The molecule has 0 spiro atoms. The molecule has 88 valence electrons. The van der Waals surface area contributed by atoms with E-state index >= 15 is 0 Å². The number of hydrogen-bond acceptors (Lipinski definition) is 3. The van der Waals surface area contributed by atoms with Crippen molar-refractivity contribution in [1.29, 1.82) is 0 Å². The van der Waals surface area contributed by atoms with E-state index in [-0.39, 0.29) is 12.4 Å². The molecule has 0 aliphatic heterocycles. The van der Waals surface area contributed by atoms with E-state index in [0.717, 1.165) is 0 Å². The van der Waals surface area contributed by atoms with E-state index in [4.69, 9.17) is 9.84 Å². The first-order valence-corrected chi connectivity index (χ1v) is 5.14. The van der Waals surface area contributed by atoms with Crippen molar-refractivity contribution in [2.45, 2.75) is 6.61 Å². The van der Waals surface area contributed by atoms with Crippen LogP contribution in [0.3, 0.4) is 0 Å². The zero-order chi connectivity index (χ0) is 12.3. The standard InChI is InChI=1S/C13H12FNO2/c1-17-13-5-3-10(14)6-11(13)12-4-2-9(8-16)7-15-12/h2-7,16H,8H2,1H3. The number of ether oxygens (including phenoxy) is 1. The van der Waals surface area contributed by atoms with Crippen LogP contribution in [0, 0.1) is 5.82 Å². The van der Waals surface area contributed by atoms with Crippen molar-refractivity contribution in [3.63, 3.8) is 0 Å². The summed E-state index contributed by atoms with van der Waals surface area (Å²) in [5, 5.41) is 8.92. The lowest BCUT2D eigenvalue weighted by atomic mass is 10.1. The summed E-state index contributed by atoms with van der Waals surface area (Å²) in [7, 11) is 1.53. The van der Waals surface area contributed by atoms with Crippen LogP contribution in [0.25, 0.3) is 11.3 Å². The largest absolute Gasteiger partial charge is 0.496 e. The summed E-state index contributed by atoms with van der Waals surface area (Å²) in [6.45, 7) is -0.0619. The molecule has 3 nitrogen and oxygen atoms in total. The van der Waals surface area contributed by atoms with Crippen LogP contribution in [0.1, 0.15) is 5.56 Å². The van der Waals surface area contributed by atoms with Crippen LogP contribution in [-0.4, -0.2) is 17.2 Å². The van der Waals surface area contributed by atoms with Gasteiger partial charge in [0.25, 0.3) is 0 Å². The summed E-state index contributed by atoms with van der Waals surface area (Å²) in [4.78, 5) is 4.16. The monoisotopic (exact) mass is 233 g/mol. The van der Waals surface area contributed by atoms with Gasteiger partial charge in [-0.05, 0) is 29.8 Å². The number of hydrogen-bond donors (Lipinski definition) is 1. The van der Waals surface area contributed by atoms with Gasteiger partial charge in [-0.2, -0.15) is 0 Å². The van der Waals surface area contributed by atoms with Crippen molar-refractivity contribution in [3.05, 3.63) is 47.9 Å². The third-order valence-corrected chi connectivity index (χ3v) is 2.44. The first-order valence-electron chi connectivity index (χ1n) is 5.14. The van der Waals surface area contributed by atoms with Gasteiger partial charge >= 0.3 is 0 Å². The van der Waals surface area contributed by atoms with Crippen molar-refractivity contribution >= 4 is 0 Å². The number of aliphatic hydroxyl groups is 1. The molecule has 0 saturated heterocycles. The average molecular weight is 233 g/mol.